The van der Waals surface area contributed by atoms with Crippen LogP contribution in [0.2, 0.25) is 0 Å². The maximum Gasteiger partial charge on any atom is 0.321 e. The third kappa shape index (κ3) is 65.6. The van der Waals surface area contributed by atoms with Crippen molar-refractivity contribution in [3.8, 4) is 0 Å². The average molecular weight is 1050 g/mol. The largest absolute Gasteiger partial charge is 0.481 e. The quantitative estimate of drug-likeness (QED) is 0.0514. The predicted octanol–water partition coefficient (Wildman–Crippen LogP) is 7.71. The SMILES string of the molecule is CC.CC.CC.CC(=O)C(C)C.CC(=O)C(C)C.CC(=O)C(C)C.CC(C)C(=O)C(N)CC(=O)O.CC(C)C(=O)C(N)CCC(=O)O.CC(C)C(=O)CN.CNC(C)(C)C(=O)CC(NC(C)(C)C(C)=O)C(=O)O. The minimum Gasteiger partial charge on any atom is -0.481 e. The van der Waals surface area contributed by atoms with Crippen LogP contribution in [0, 0.1) is 35.5 Å². The summed E-state index contributed by atoms with van der Waals surface area (Å²) in [6, 6.07) is -2.56. The number of carbonyl (C=O) groups excluding carboxylic acids is 8. The molecule has 0 bridgehead atoms. The molecule has 0 heterocycles. The molecule has 0 saturated heterocycles. The molecule has 0 amide bonds. The second kappa shape index (κ2) is 53.8. The summed E-state index contributed by atoms with van der Waals surface area (Å²) in [4.78, 5) is 118. The average Bonchev–Trinajstić information content (AvgIpc) is 3.29. The van der Waals surface area contributed by atoms with Crippen molar-refractivity contribution < 1.29 is 68.1 Å². The molecule has 0 rings (SSSR count). The molecule has 0 radical (unpaired) electrons. The van der Waals surface area contributed by atoms with E-state index >= 15 is 0 Å². The van der Waals surface area contributed by atoms with Gasteiger partial charge in [0.2, 0.25) is 0 Å². The number of likely N-dealkylation sites (N-methyl/N-ethyl adjacent to an activating group) is 1. The number of ketones is 8. The van der Waals surface area contributed by atoms with E-state index in [1.165, 1.54) is 6.92 Å². The molecule has 0 aliphatic rings. The molecule has 0 fully saturated rings. The van der Waals surface area contributed by atoms with Crippen LogP contribution in [0.1, 0.15) is 206 Å². The summed E-state index contributed by atoms with van der Waals surface area (Å²) >= 11 is 0. The summed E-state index contributed by atoms with van der Waals surface area (Å²) in [6.45, 7) is 46.9. The molecule has 436 valence electrons. The maximum atomic E-state index is 12.0. The van der Waals surface area contributed by atoms with Crippen molar-refractivity contribution in [2.45, 2.75) is 235 Å². The van der Waals surface area contributed by atoms with Crippen LogP contribution in [0.3, 0.4) is 0 Å². The van der Waals surface area contributed by atoms with Gasteiger partial charge in [0.15, 0.2) is 17.3 Å². The van der Waals surface area contributed by atoms with Gasteiger partial charge in [-0.3, -0.25) is 58.1 Å². The molecule has 11 N–H and O–H groups in total. The highest BCUT2D eigenvalue weighted by Crippen LogP contribution is 2.13. The van der Waals surface area contributed by atoms with Gasteiger partial charge in [0.25, 0.3) is 0 Å². The van der Waals surface area contributed by atoms with Crippen LogP contribution >= 0.6 is 0 Å². The van der Waals surface area contributed by atoms with E-state index in [0.29, 0.717) is 0 Å². The molecule has 3 atom stereocenters. The third-order valence-corrected chi connectivity index (χ3v) is 9.64. The predicted molar refractivity (Wildman–Crippen MR) is 296 cm³/mol. The summed E-state index contributed by atoms with van der Waals surface area (Å²) < 4.78 is 0. The van der Waals surface area contributed by atoms with E-state index in [2.05, 4.69) is 10.6 Å². The fourth-order valence-corrected chi connectivity index (χ4v) is 3.12. The van der Waals surface area contributed by atoms with Crippen molar-refractivity contribution in [1.82, 2.24) is 10.6 Å². The van der Waals surface area contributed by atoms with E-state index in [0.717, 1.165) is 0 Å². The summed E-state index contributed by atoms with van der Waals surface area (Å²) in [5, 5.41) is 31.3. The van der Waals surface area contributed by atoms with Crippen LogP contribution in [0.25, 0.3) is 0 Å². The van der Waals surface area contributed by atoms with E-state index in [4.69, 9.17) is 32.5 Å². The molecule has 19 heteroatoms. The monoisotopic (exact) mass is 1050 g/mol. The van der Waals surface area contributed by atoms with E-state index in [-0.39, 0.29) is 114 Å². The van der Waals surface area contributed by atoms with Crippen molar-refractivity contribution in [1.29, 1.82) is 0 Å². The molecule has 0 aromatic rings. The van der Waals surface area contributed by atoms with Gasteiger partial charge >= 0.3 is 17.9 Å². The van der Waals surface area contributed by atoms with Crippen LogP contribution < -0.4 is 27.8 Å². The van der Waals surface area contributed by atoms with Gasteiger partial charge in [0, 0.05) is 48.3 Å². The summed E-state index contributed by atoms with van der Waals surface area (Å²) in [5.74, 6) is -2.44. The highest BCUT2D eigenvalue weighted by atomic mass is 16.4. The number of nitrogens with one attached hydrogen (secondary N) is 2. The van der Waals surface area contributed by atoms with E-state index in [9.17, 15) is 52.7 Å². The highest BCUT2D eigenvalue weighted by Gasteiger charge is 2.35. The molecule has 0 spiro atoms. The smallest absolute Gasteiger partial charge is 0.321 e. The normalized spacial score (nSPS) is 11.2. The Labute approximate surface area is 442 Å². The van der Waals surface area contributed by atoms with Crippen molar-refractivity contribution in [2.75, 3.05) is 13.6 Å². The number of hydrogen-bond donors (Lipinski definition) is 8. The van der Waals surface area contributed by atoms with Gasteiger partial charge in [-0.25, -0.2) is 0 Å². The van der Waals surface area contributed by atoms with Gasteiger partial charge < -0.3 is 37.8 Å². The first-order valence-corrected chi connectivity index (χ1v) is 25.4. The lowest BCUT2D eigenvalue weighted by atomic mass is 9.92. The summed E-state index contributed by atoms with van der Waals surface area (Å²) in [6.07, 6.45) is -0.275. The number of Topliss-reactive ketones (excluding diaryl/α,β-unsaturated/α-hetero) is 8. The molecule has 0 aromatic carbocycles. The van der Waals surface area contributed by atoms with Crippen LogP contribution in [0.5, 0.6) is 0 Å². The van der Waals surface area contributed by atoms with Crippen molar-refractivity contribution in [3.63, 3.8) is 0 Å². The zero-order valence-corrected chi connectivity index (χ0v) is 50.8. The number of carboxylic acid groups (broad SMARTS) is 3. The second-order valence-electron chi connectivity index (χ2n) is 18.7. The number of hydrogen-bond acceptors (Lipinski definition) is 16. The first kappa shape index (κ1) is 91.3. The van der Waals surface area contributed by atoms with Crippen LogP contribution in [0.4, 0.5) is 0 Å². The Morgan fingerprint density at radius 2 is 0.781 bits per heavy atom. The molecule has 19 nitrogen and oxygen atoms in total. The Morgan fingerprint density at radius 3 is 0.959 bits per heavy atom. The summed E-state index contributed by atoms with van der Waals surface area (Å²) in [5.41, 5.74) is 14.0. The minimum absolute atomic E-state index is 0.0420. The molecule has 3 unspecified atom stereocenters. The molecule has 0 aromatic heterocycles. The minimum atomic E-state index is -1.14. The first-order valence-electron chi connectivity index (χ1n) is 25.4. The van der Waals surface area contributed by atoms with Crippen molar-refractivity contribution in [2.24, 2.45) is 52.7 Å². The number of carbonyl (C=O) groups is 11. The van der Waals surface area contributed by atoms with E-state index in [1.807, 2.05) is 96.9 Å². The fourth-order valence-electron chi connectivity index (χ4n) is 3.12. The summed E-state index contributed by atoms with van der Waals surface area (Å²) in [7, 11) is 1.64. The fraction of sp³-hybridized carbons (Fsp3) is 0.796. The Kier molecular flexibility index (Phi) is 67.3. The molecular weight excluding hydrogens is 943 g/mol. The molecule has 0 saturated carbocycles. The number of carboxylic acids is 3. The van der Waals surface area contributed by atoms with Crippen LogP contribution in [-0.2, 0) is 52.7 Å². The molecular formula is C54H111N5O14. The van der Waals surface area contributed by atoms with Gasteiger partial charge in [-0.2, -0.15) is 0 Å². The zero-order valence-electron chi connectivity index (χ0n) is 50.8. The van der Waals surface area contributed by atoms with Gasteiger partial charge in [0.05, 0.1) is 36.1 Å². The lowest BCUT2D eigenvalue weighted by molar-refractivity contribution is -0.143. The lowest BCUT2D eigenvalue weighted by Gasteiger charge is -2.29. The molecule has 0 aliphatic heterocycles. The Balaban J connectivity index is -0.0000000813. The second-order valence-corrected chi connectivity index (χ2v) is 18.7. The number of nitrogens with two attached hydrogens (primary N) is 3. The van der Waals surface area contributed by atoms with Gasteiger partial charge in [-0.05, 0) is 68.9 Å². The van der Waals surface area contributed by atoms with Crippen molar-refractivity contribution >= 4 is 64.2 Å². The van der Waals surface area contributed by atoms with E-state index < -0.39 is 47.1 Å². The van der Waals surface area contributed by atoms with Crippen LogP contribution in [-0.4, -0.2) is 122 Å². The topological polar surface area (TPSA) is 351 Å². The van der Waals surface area contributed by atoms with Gasteiger partial charge in [-0.15, -0.1) is 0 Å². The first-order chi connectivity index (χ1) is 32.9. The number of rotatable bonds is 22. The van der Waals surface area contributed by atoms with Crippen molar-refractivity contribution in [3.05, 3.63) is 0 Å². The number of aliphatic carboxylic acids is 3. The third-order valence-electron chi connectivity index (χ3n) is 9.64. The Hall–Kier alpha value is -4.43. The zero-order chi connectivity index (χ0) is 61.5. The maximum absolute atomic E-state index is 12.0. The van der Waals surface area contributed by atoms with Crippen LogP contribution in [0.15, 0.2) is 0 Å². The highest BCUT2D eigenvalue weighted by molar-refractivity contribution is 5.93. The molecule has 0 aliphatic carbocycles. The Morgan fingerprint density at radius 1 is 0.479 bits per heavy atom. The van der Waals surface area contributed by atoms with Gasteiger partial charge in [0.1, 0.15) is 35.0 Å². The lowest BCUT2D eigenvalue weighted by Crippen LogP contribution is -2.56. The Bertz CT molecular complexity index is 1490. The van der Waals surface area contributed by atoms with Gasteiger partial charge in [-0.1, -0.05) is 125 Å². The van der Waals surface area contributed by atoms with E-state index in [1.54, 1.807) is 83.2 Å². The standard InChI is InChI=1S/C13H24N2O4.C8H15NO3.C7H13NO3.C5H11NO.3C5H10O.3C2H6/c1-8(16)12(2,3)15-9(11(18)19)7-10(17)13(4,5)14-6;1-5(2)8(12)6(9)3-4-7(10)11;1-4(2)7(11)5(8)3-6(9)10;1-4(2)5(7)3-6;3*1-4(2)5(3)6;3*1-2/h9,14-15H,7H2,1-6H3,(H,18,19);5-6H,3-4,9H2,1-2H3,(H,10,11);4-5H,3,8H2,1-2H3,(H,9,10);4H,3,6H2,1-2H3;3*4H,1-3H3;3*1-2H3. The molecule has 73 heavy (non-hydrogen) atoms.